The van der Waals surface area contributed by atoms with E-state index in [0.29, 0.717) is 49.5 Å². The molecule has 4 rings (SSSR count). The van der Waals surface area contributed by atoms with Crippen LogP contribution in [-0.4, -0.2) is 72.0 Å². The minimum atomic E-state index is -3.76. The van der Waals surface area contributed by atoms with Crippen molar-refractivity contribution < 1.29 is 13.2 Å². The molecule has 2 heterocycles. The van der Waals surface area contributed by atoms with Crippen LogP contribution in [0.1, 0.15) is 18.3 Å². The molecular formula is C24H29N5O4S. The minimum Gasteiger partial charge on any atom is -0.369 e. The molecule has 2 aromatic carbocycles. The van der Waals surface area contributed by atoms with Crippen LogP contribution < -0.4 is 10.5 Å². The second kappa shape index (κ2) is 9.94. The summed E-state index contributed by atoms with van der Waals surface area (Å²) in [4.78, 5) is 35.9. The topological polar surface area (TPSA) is 107 Å². The van der Waals surface area contributed by atoms with Crippen molar-refractivity contribution in [1.82, 2.24) is 19.2 Å². The third kappa shape index (κ3) is 5.28. The normalized spacial score (nSPS) is 14.9. The Morgan fingerprint density at radius 3 is 2.53 bits per heavy atom. The molecule has 9 nitrogen and oxygen atoms in total. The van der Waals surface area contributed by atoms with E-state index in [-0.39, 0.29) is 12.1 Å². The number of H-pyrrole nitrogens is 1. The molecule has 0 unspecified atom stereocenters. The number of hydrogen-bond acceptors (Lipinski definition) is 6. The summed E-state index contributed by atoms with van der Waals surface area (Å²) in [6.07, 6.45) is 0. The number of nitrogens with zero attached hydrogens (tertiary/aromatic N) is 4. The molecule has 1 amide bonds. The molecule has 1 N–H and O–H groups in total. The summed E-state index contributed by atoms with van der Waals surface area (Å²) < 4.78 is 27.4. The standard InChI is InChI=1S/C24H29N5O4S/c1-3-27(16-22-25-21-10-5-4-9-20(21)24(31)26-22)23(30)17-34(32,33)29-13-11-28(12-14-29)19-8-6-7-18(2)15-19/h4-10,15H,3,11-14,16-17H2,1-2H3,(H,25,26,31). The maximum atomic E-state index is 13.0. The van der Waals surface area contributed by atoms with E-state index in [2.05, 4.69) is 20.9 Å². The number of carbonyl (C=O) groups excluding carboxylic acids is 1. The molecule has 34 heavy (non-hydrogen) atoms. The molecule has 0 atom stereocenters. The highest BCUT2D eigenvalue weighted by Crippen LogP contribution is 2.19. The second-order valence-corrected chi connectivity index (χ2v) is 10.4. The molecule has 1 aliphatic heterocycles. The Hall–Kier alpha value is -3.24. The number of carbonyl (C=O) groups is 1. The van der Waals surface area contributed by atoms with Gasteiger partial charge in [-0.05, 0) is 43.7 Å². The number of amides is 1. The Morgan fingerprint density at radius 1 is 1.09 bits per heavy atom. The molecule has 3 aromatic rings. The molecular weight excluding hydrogens is 454 g/mol. The lowest BCUT2D eigenvalue weighted by atomic mass is 10.2. The number of nitrogens with one attached hydrogen (secondary N) is 1. The lowest BCUT2D eigenvalue weighted by Crippen LogP contribution is -2.51. The van der Waals surface area contributed by atoms with Crippen molar-refractivity contribution >= 4 is 32.5 Å². The highest BCUT2D eigenvalue weighted by Gasteiger charge is 2.30. The predicted octanol–water partition coefficient (Wildman–Crippen LogP) is 1.73. The van der Waals surface area contributed by atoms with Crippen LogP contribution in [0.25, 0.3) is 10.9 Å². The van der Waals surface area contributed by atoms with Gasteiger partial charge in [-0.3, -0.25) is 9.59 Å². The smallest absolute Gasteiger partial charge is 0.258 e. The fourth-order valence-electron chi connectivity index (χ4n) is 4.15. The lowest BCUT2D eigenvalue weighted by molar-refractivity contribution is -0.129. The first kappa shape index (κ1) is 23.9. The van der Waals surface area contributed by atoms with Crippen LogP contribution in [0.15, 0.2) is 53.3 Å². The van der Waals surface area contributed by atoms with Gasteiger partial charge in [0.25, 0.3) is 5.56 Å². The predicted molar refractivity (Wildman–Crippen MR) is 132 cm³/mol. The van der Waals surface area contributed by atoms with Crippen LogP contribution in [0, 0.1) is 6.92 Å². The molecule has 0 bridgehead atoms. The molecule has 0 saturated carbocycles. The summed E-state index contributed by atoms with van der Waals surface area (Å²) in [6, 6.07) is 15.1. The highest BCUT2D eigenvalue weighted by molar-refractivity contribution is 7.89. The van der Waals surface area contributed by atoms with Gasteiger partial charge in [-0.1, -0.05) is 24.3 Å². The van der Waals surface area contributed by atoms with Gasteiger partial charge in [0.15, 0.2) is 0 Å². The van der Waals surface area contributed by atoms with E-state index >= 15 is 0 Å². The third-order valence-electron chi connectivity index (χ3n) is 6.04. The van der Waals surface area contributed by atoms with Crippen LogP contribution >= 0.6 is 0 Å². The van der Waals surface area contributed by atoms with Crippen LogP contribution in [0.4, 0.5) is 5.69 Å². The second-order valence-electron chi connectivity index (χ2n) is 8.42. The average Bonchev–Trinajstić information content (AvgIpc) is 2.82. The molecule has 1 saturated heterocycles. The molecule has 0 radical (unpaired) electrons. The molecule has 0 aliphatic carbocycles. The molecule has 0 spiro atoms. The van der Waals surface area contributed by atoms with Gasteiger partial charge in [-0.25, -0.2) is 13.4 Å². The summed E-state index contributed by atoms with van der Waals surface area (Å²) in [5.41, 5.74) is 2.47. The van der Waals surface area contributed by atoms with Crippen LogP contribution in [0.2, 0.25) is 0 Å². The van der Waals surface area contributed by atoms with Crippen LogP contribution in [-0.2, 0) is 21.4 Å². The summed E-state index contributed by atoms with van der Waals surface area (Å²) in [7, 11) is -3.76. The fraction of sp³-hybridized carbons (Fsp3) is 0.375. The maximum absolute atomic E-state index is 13.0. The molecule has 1 aliphatic rings. The number of benzene rings is 2. The van der Waals surface area contributed by atoms with Crippen molar-refractivity contribution in [2.24, 2.45) is 0 Å². The quantitative estimate of drug-likeness (QED) is 0.549. The van der Waals surface area contributed by atoms with Gasteiger partial charge in [0, 0.05) is 38.4 Å². The van der Waals surface area contributed by atoms with E-state index in [1.54, 1.807) is 31.2 Å². The summed E-state index contributed by atoms with van der Waals surface area (Å²) in [5, 5.41) is 0.466. The summed E-state index contributed by atoms with van der Waals surface area (Å²) in [6.45, 7) is 5.92. The maximum Gasteiger partial charge on any atom is 0.258 e. The van der Waals surface area contributed by atoms with Crippen molar-refractivity contribution in [2.45, 2.75) is 20.4 Å². The molecule has 180 valence electrons. The van der Waals surface area contributed by atoms with Crippen molar-refractivity contribution in [3.8, 4) is 0 Å². The Balaban J connectivity index is 1.40. The number of anilines is 1. The van der Waals surface area contributed by atoms with Gasteiger partial charge in [0.05, 0.1) is 17.4 Å². The number of aromatic nitrogens is 2. The number of hydrogen-bond donors (Lipinski definition) is 1. The molecule has 1 fully saturated rings. The number of sulfonamides is 1. The van der Waals surface area contributed by atoms with E-state index in [1.807, 2.05) is 25.1 Å². The Bertz CT molecular complexity index is 1350. The fourth-order valence-corrected chi connectivity index (χ4v) is 5.55. The monoisotopic (exact) mass is 483 g/mol. The van der Waals surface area contributed by atoms with Gasteiger partial charge in [-0.2, -0.15) is 4.31 Å². The summed E-state index contributed by atoms with van der Waals surface area (Å²) >= 11 is 0. The van der Waals surface area contributed by atoms with Gasteiger partial charge in [0.2, 0.25) is 15.9 Å². The zero-order valence-electron chi connectivity index (χ0n) is 19.4. The van der Waals surface area contributed by atoms with Gasteiger partial charge < -0.3 is 14.8 Å². The number of piperazine rings is 1. The lowest BCUT2D eigenvalue weighted by Gasteiger charge is -2.35. The van der Waals surface area contributed by atoms with E-state index in [1.165, 1.54) is 9.21 Å². The van der Waals surface area contributed by atoms with Crippen LogP contribution in [0.5, 0.6) is 0 Å². The van der Waals surface area contributed by atoms with Gasteiger partial charge in [0.1, 0.15) is 11.6 Å². The van der Waals surface area contributed by atoms with E-state index in [9.17, 15) is 18.0 Å². The first-order valence-electron chi connectivity index (χ1n) is 11.3. The van der Waals surface area contributed by atoms with E-state index < -0.39 is 21.7 Å². The third-order valence-corrected chi connectivity index (χ3v) is 7.81. The molecule has 1 aromatic heterocycles. The van der Waals surface area contributed by atoms with Crippen molar-refractivity contribution in [3.63, 3.8) is 0 Å². The van der Waals surface area contributed by atoms with Crippen molar-refractivity contribution in [2.75, 3.05) is 43.4 Å². The summed E-state index contributed by atoms with van der Waals surface area (Å²) in [5.74, 6) is -0.800. The Labute approximate surface area is 199 Å². The number of rotatable bonds is 7. The largest absolute Gasteiger partial charge is 0.369 e. The first-order valence-corrected chi connectivity index (χ1v) is 12.9. The minimum absolute atomic E-state index is 0.0338. The van der Waals surface area contributed by atoms with Crippen LogP contribution in [0.3, 0.4) is 0 Å². The van der Waals surface area contributed by atoms with E-state index in [0.717, 1.165) is 11.3 Å². The SMILES string of the molecule is CCN(Cc1nc2ccccc2c(=O)[nH]1)C(=O)CS(=O)(=O)N1CCN(c2cccc(C)c2)CC1. The number of aromatic amines is 1. The molecule has 10 heteroatoms. The number of fused-ring (bicyclic) bond motifs is 1. The van der Waals surface area contributed by atoms with Gasteiger partial charge in [-0.15, -0.1) is 0 Å². The highest BCUT2D eigenvalue weighted by atomic mass is 32.2. The van der Waals surface area contributed by atoms with Crippen molar-refractivity contribution in [1.29, 1.82) is 0 Å². The Morgan fingerprint density at radius 2 is 1.82 bits per heavy atom. The van der Waals surface area contributed by atoms with E-state index in [4.69, 9.17) is 0 Å². The Kier molecular flexibility index (Phi) is 6.99. The number of para-hydroxylation sites is 1. The first-order chi connectivity index (χ1) is 16.3. The zero-order valence-corrected chi connectivity index (χ0v) is 20.2. The van der Waals surface area contributed by atoms with Crippen molar-refractivity contribution in [3.05, 3.63) is 70.3 Å². The zero-order chi connectivity index (χ0) is 24.3. The van der Waals surface area contributed by atoms with Gasteiger partial charge >= 0.3 is 0 Å². The average molecular weight is 484 g/mol. The number of aryl methyl sites for hydroxylation is 1.